The van der Waals surface area contributed by atoms with Crippen LogP contribution in [0.1, 0.15) is 78.7 Å². The molecule has 1 aliphatic carbocycles. The van der Waals surface area contributed by atoms with Crippen molar-refractivity contribution in [3.63, 3.8) is 0 Å². The molecule has 0 saturated heterocycles. The van der Waals surface area contributed by atoms with Crippen LogP contribution in [-0.2, 0) is 20.1 Å². The number of anilines is 1. The summed E-state index contributed by atoms with van der Waals surface area (Å²) in [6.45, 7) is 15.0. The Morgan fingerprint density at radius 2 is 1.54 bits per heavy atom. The Hall–Kier alpha value is -3.02. The molecule has 1 aliphatic heterocycles. The van der Waals surface area contributed by atoms with Gasteiger partial charge in [-0.05, 0) is 104 Å². The number of pyridine rings is 1. The molecule has 0 bridgehead atoms. The van der Waals surface area contributed by atoms with Crippen molar-refractivity contribution in [3.8, 4) is 11.3 Å². The summed E-state index contributed by atoms with van der Waals surface area (Å²) in [7, 11) is 2.00. The van der Waals surface area contributed by atoms with Crippen molar-refractivity contribution in [2.75, 3.05) is 11.9 Å². The Balaban J connectivity index is 0.000000238. The molecule has 5 nitrogen and oxygen atoms in total. The van der Waals surface area contributed by atoms with Crippen LogP contribution in [0.2, 0.25) is 0 Å². The second kappa shape index (κ2) is 16.7. The third-order valence-corrected chi connectivity index (χ3v) is 8.20. The van der Waals surface area contributed by atoms with E-state index in [0.29, 0.717) is 23.2 Å². The van der Waals surface area contributed by atoms with Crippen LogP contribution < -0.4 is 4.90 Å². The minimum absolute atomic E-state index is 0. The molecule has 2 unspecified atom stereocenters. The predicted octanol–water partition coefficient (Wildman–Crippen LogP) is 8.99. The molecular formula is C40H50IrN3O2. The molecule has 3 aromatic carbocycles. The quantitative estimate of drug-likeness (QED) is 0.198. The summed E-state index contributed by atoms with van der Waals surface area (Å²) in [5, 5.41) is 19.6. The molecule has 2 aliphatic rings. The van der Waals surface area contributed by atoms with Crippen molar-refractivity contribution < 1.29 is 30.3 Å². The van der Waals surface area contributed by atoms with Gasteiger partial charge in [0.2, 0.25) is 0 Å². The van der Waals surface area contributed by atoms with Gasteiger partial charge in [-0.1, -0.05) is 45.9 Å². The predicted molar refractivity (Wildman–Crippen MR) is 187 cm³/mol. The van der Waals surface area contributed by atoms with Crippen molar-refractivity contribution in [2.24, 2.45) is 10.8 Å². The van der Waals surface area contributed by atoms with Crippen LogP contribution in [0.3, 0.4) is 0 Å². The zero-order valence-corrected chi connectivity index (χ0v) is 30.8. The average Bonchev–Trinajstić information content (AvgIpc) is 3.42. The van der Waals surface area contributed by atoms with Crippen molar-refractivity contribution in [2.45, 2.75) is 85.4 Å². The first-order chi connectivity index (χ1) is 21.3. The summed E-state index contributed by atoms with van der Waals surface area (Å²) in [6.07, 6.45) is 9.50. The molecule has 0 radical (unpaired) electrons. The Labute approximate surface area is 290 Å². The summed E-state index contributed by atoms with van der Waals surface area (Å²) in [5.74, 6) is 0.637. The van der Waals surface area contributed by atoms with Gasteiger partial charge in [0.1, 0.15) is 0 Å². The number of benzene rings is 3. The molecule has 4 aromatic rings. The fraction of sp³-hybridized carbons (Fsp3) is 0.400. The van der Waals surface area contributed by atoms with Crippen molar-refractivity contribution in [1.82, 2.24) is 9.88 Å². The van der Waals surface area contributed by atoms with E-state index in [1.165, 1.54) is 35.6 Å². The van der Waals surface area contributed by atoms with E-state index >= 15 is 0 Å². The average molecular weight is 797 g/mol. The van der Waals surface area contributed by atoms with Gasteiger partial charge in [0.15, 0.2) is 0 Å². The van der Waals surface area contributed by atoms with Crippen LogP contribution in [0.4, 0.5) is 5.69 Å². The first-order valence-electron chi connectivity index (χ1n) is 16.0. The topological polar surface area (TPSA) is 59.8 Å². The minimum atomic E-state index is -0.375. The van der Waals surface area contributed by atoms with Gasteiger partial charge in [0.05, 0.1) is 12.2 Å². The number of rotatable bonds is 5. The maximum atomic E-state index is 8.56. The van der Waals surface area contributed by atoms with E-state index in [-0.39, 0.29) is 32.3 Å². The second-order valence-electron chi connectivity index (χ2n) is 14.2. The molecule has 0 amide bonds. The van der Waals surface area contributed by atoms with Crippen LogP contribution in [-0.4, -0.2) is 39.4 Å². The minimum Gasteiger partial charge on any atom is -0.510 e. The first-order valence-corrected chi connectivity index (χ1v) is 16.0. The van der Waals surface area contributed by atoms with Crippen LogP contribution in [0, 0.1) is 29.6 Å². The monoisotopic (exact) mass is 797 g/mol. The number of hydrogen-bond acceptors (Lipinski definition) is 5. The van der Waals surface area contributed by atoms with Crippen LogP contribution in [0.5, 0.6) is 0 Å². The van der Waals surface area contributed by atoms with Crippen molar-refractivity contribution in [1.29, 1.82) is 0 Å². The van der Waals surface area contributed by atoms with Gasteiger partial charge in [0.25, 0.3) is 0 Å². The number of aromatic nitrogens is 1. The maximum absolute atomic E-state index is 8.56. The Morgan fingerprint density at radius 3 is 2.07 bits per heavy atom. The van der Waals surface area contributed by atoms with Crippen molar-refractivity contribution >= 4 is 16.5 Å². The summed E-state index contributed by atoms with van der Waals surface area (Å²) in [5.41, 5.74) is 5.45. The third kappa shape index (κ3) is 11.1. The van der Waals surface area contributed by atoms with Gasteiger partial charge < -0.3 is 25.0 Å². The Kier molecular flexibility index (Phi) is 13.6. The first kappa shape index (κ1) is 37.4. The van der Waals surface area contributed by atoms with Gasteiger partial charge in [-0.15, -0.1) is 41.6 Å². The number of hydrogen-bond donors (Lipinski definition) is 2. The molecule has 2 heterocycles. The fourth-order valence-corrected chi connectivity index (χ4v) is 6.92. The van der Waals surface area contributed by atoms with E-state index in [1.54, 1.807) is 13.8 Å². The zero-order valence-electron chi connectivity index (χ0n) is 28.4. The molecule has 6 heteroatoms. The normalized spacial score (nSPS) is 18.0. The SMILES string of the molecule is CC(O)CC(C)O.CC1(C)CC(c2ccc3c(-c4[c-]cccc4)nccc3c2)CC(C)(C)C1.CN1C=CN(c2[c-]cccc2)[CH-]1.[Ir+3]. The number of nitrogens with zero attached hydrogens (tertiary/aromatic N) is 3. The largest absolute Gasteiger partial charge is 3.00 e. The molecule has 0 spiro atoms. The number of aliphatic hydroxyl groups excluding tert-OH is 2. The summed E-state index contributed by atoms with van der Waals surface area (Å²) < 4.78 is 0. The van der Waals surface area contributed by atoms with Gasteiger partial charge in [-0.2, -0.15) is 37.0 Å². The molecular weight excluding hydrogens is 747 g/mol. The molecule has 1 aromatic heterocycles. The summed E-state index contributed by atoms with van der Waals surface area (Å²) in [4.78, 5) is 8.66. The van der Waals surface area contributed by atoms with Gasteiger partial charge in [-0.25, -0.2) is 0 Å². The molecule has 1 fully saturated rings. The Morgan fingerprint density at radius 1 is 0.891 bits per heavy atom. The maximum Gasteiger partial charge on any atom is 3.00 e. The number of para-hydroxylation sites is 1. The molecule has 2 atom stereocenters. The molecule has 1 saturated carbocycles. The number of fused-ring (bicyclic) bond motifs is 1. The van der Waals surface area contributed by atoms with Gasteiger partial charge in [0, 0.05) is 6.20 Å². The van der Waals surface area contributed by atoms with E-state index < -0.39 is 0 Å². The standard InChI is InChI=1S/C25H28N.C10H10N2.C5H12O2.Ir/c1-24(2)15-21(16-25(3,4)17-24)19-10-11-22-20(14-19)12-13-26-23(22)18-8-6-5-7-9-18;1-11-7-8-12(9-11)10-5-3-2-4-6-10;1-4(6)3-5(2)7;/h5-8,10-14,21H,15-17H2,1-4H3;2-5,7-9H,1H3;4-7H,3H2,1-2H3;/q-1;-2;;+3. The van der Waals surface area contributed by atoms with E-state index in [9.17, 15) is 0 Å². The molecule has 46 heavy (non-hydrogen) atoms. The van der Waals surface area contributed by atoms with E-state index in [1.807, 2.05) is 84.6 Å². The van der Waals surface area contributed by atoms with E-state index in [4.69, 9.17) is 10.2 Å². The van der Waals surface area contributed by atoms with Crippen LogP contribution >= 0.6 is 0 Å². The molecule has 6 rings (SSSR count). The Bertz CT molecular complexity index is 1500. The smallest absolute Gasteiger partial charge is 0.510 e. The molecule has 246 valence electrons. The summed E-state index contributed by atoms with van der Waals surface area (Å²) >= 11 is 0. The van der Waals surface area contributed by atoms with E-state index in [0.717, 1.165) is 16.9 Å². The van der Waals surface area contributed by atoms with Crippen LogP contribution in [0.15, 0.2) is 91.4 Å². The zero-order chi connectivity index (χ0) is 32.6. The van der Waals surface area contributed by atoms with Crippen LogP contribution in [0.25, 0.3) is 22.0 Å². The molecule has 2 N–H and O–H groups in total. The van der Waals surface area contributed by atoms with Crippen molar-refractivity contribution in [3.05, 3.63) is 116 Å². The third-order valence-electron chi connectivity index (χ3n) is 8.20. The summed E-state index contributed by atoms with van der Waals surface area (Å²) in [6, 6.07) is 31.6. The van der Waals surface area contributed by atoms with Gasteiger partial charge >= 0.3 is 20.1 Å². The number of aliphatic hydroxyl groups is 2. The van der Waals surface area contributed by atoms with Gasteiger partial charge in [-0.3, -0.25) is 0 Å². The second-order valence-corrected chi connectivity index (χ2v) is 14.2. The van der Waals surface area contributed by atoms with E-state index in [2.05, 4.69) is 75.1 Å². The fourth-order valence-electron chi connectivity index (χ4n) is 6.92.